The van der Waals surface area contributed by atoms with Crippen molar-refractivity contribution >= 4 is 82.0 Å². The summed E-state index contributed by atoms with van der Waals surface area (Å²) < 4.78 is 0. The van der Waals surface area contributed by atoms with Gasteiger partial charge < -0.3 is 90.5 Å². The van der Waals surface area contributed by atoms with Crippen LogP contribution >= 0.6 is 0 Å². The lowest BCUT2D eigenvalue weighted by Gasteiger charge is -2.29. The first kappa shape index (κ1) is 59.6. The molecule has 0 bridgehead atoms. The van der Waals surface area contributed by atoms with E-state index in [2.05, 4.69) is 57.2 Å². The molecule has 0 spiro atoms. The first-order valence-corrected chi connectivity index (χ1v) is 23.0. The Kier molecular flexibility index (Phi) is 23.4. The van der Waals surface area contributed by atoms with E-state index in [1.54, 1.807) is 37.4 Å². The Hall–Kier alpha value is -8.67. The van der Waals surface area contributed by atoms with Crippen LogP contribution in [0.2, 0.25) is 0 Å². The number of hydrogen-bond acceptors (Lipinski definition) is 15. The first-order chi connectivity index (χ1) is 34.9. The number of para-hydroxylation sites is 1. The van der Waals surface area contributed by atoms with Crippen LogP contribution in [-0.4, -0.2) is 168 Å². The predicted molar refractivity (Wildman–Crippen MR) is 258 cm³/mol. The molecule has 8 amide bonds. The lowest BCUT2D eigenvalue weighted by atomic mass is 9.97. The third-order valence-electron chi connectivity index (χ3n) is 11.3. The molecule has 0 aliphatic rings. The van der Waals surface area contributed by atoms with E-state index in [0.717, 1.165) is 0 Å². The molecule has 0 saturated heterocycles. The number of hydrogen-bond donors (Lipinski definition) is 17. The zero-order valence-corrected chi connectivity index (χ0v) is 40.3. The number of aromatic amines is 2. The number of fused-ring (bicyclic) bond motifs is 1. The van der Waals surface area contributed by atoms with Crippen LogP contribution in [0.15, 0.2) is 48.0 Å². The van der Waals surface area contributed by atoms with Crippen molar-refractivity contribution in [1.82, 2.24) is 52.2 Å². The Balaban J connectivity index is 1.90. The Morgan fingerprint density at radius 3 is 1.70 bits per heavy atom. The maximum absolute atomic E-state index is 14.1. The van der Waals surface area contributed by atoms with Gasteiger partial charge in [-0.15, -0.1) is 0 Å². The van der Waals surface area contributed by atoms with Crippen molar-refractivity contribution in [3.8, 4) is 0 Å². The second kappa shape index (κ2) is 29.0. The van der Waals surface area contributed by atoms with Crippen molar-refractivity contribution in [2.75, 3.05) is 13.2 Å². The Morgan fingerprint density at radius 2 is 1.18 bits per heavy atom. The van der Waals surface area contributed by atoms with Crippen molar-refractivity contribution in [3.05, 3.63) is 54.2 Å². The monoisotopic (exact) mass is 1040 g/mol. The summed E-state index contributed by atoms with van der Waals surface area (Å²) in [5.74, 6) is -14.9. The van der Waals surface area contributed by atoms with Crippen LogP contribution in [-0.2, 0) is 65.6 Å². The molecule has 2 heterocycles. The minimum Gasteiger partial charge on any atom is -0.481 e. The number of H-pyrrole nitrogens is 2. The molecule has 30 nitrogen and oxygen atoms in total. The summed E-state index contributed by atoms with van der Waals surface area (Å²) in [5.41, 5.74) is 23.0. The van der Waals surface area contributed by atoms with Crippen LogP contribution in [0.25, 0.3) is 10.9 Å². The fraction of sp³-hybridized carbons (Fsp3) is 0.477. The van der Waals surface area contributed by atoms with E-state index in [-0.39, 0.29) is 43.9 Å². The number of aliphatic hydroxyl groups excluding tert-OH is 1. The van der Waals surface area contributed by atoms with Crippen molar-refractivity contribution in [2.45, 2.75) is 114 Å². The number of nitrogens with zero attached hydrogens (tertiary/aromatic N) is 2. The Morgan fingerprint density at radius 1 is 0.662 bits per heavy atom. The molecule has 0 unspecified atom stereocenters. The molecule has 21 N–H and O–H groups in total. The zero-order chi connectivity index (χ0) is 55.2. The molecule has 404 valence electrons. The number of nitrogens with one attached hydrogen (secondary N) is 9. The van der Waals surface area contributed by atoms with Gasteiger partial charge in [0.1, 0.15) is 48.3 Å². The molecule has 0 aliphatic heterocycles. The SMILES string of the molecule is CC[C@H](C)[C@H](NC(=O)[C@H](CC(=O)O)NC(=O)[C@H](Cc1cnc[nH]1)NC(=O)[C@H](CC(=O)O)NC(=O)[C@H](Cc1c[nH]c2ccccc12)NC(=O)[C@@H](N)CO)C(=O)N[C@@H](CC(N)=O)C(=O)N[C@@H](CCCN=C(N)N)C(=O)O. The number of benzene rings is 1. The summed E-state index contributed by atoms with van der Waals surface area (Å²) >= 11 is 0. The van der Waals surface area contributed by atoms with Gasteiger partial charge in [0, 0.05) is 48.4 Å². The third kappa shape index (κ3) is 19.2. The molecule has 30 heteroatoms. The molecular weight excluding hydrogens is 979 g/mol. The standard InChI is InChI=1S/C44H63N15O15/c1-3-20(2)35(42(72)58-29(13-32(46)61)39(69)53-26(43(73)74)9-6-10-50-44(47)48)59-41(71)31(15-34(64)65)57-38(68)28(12-22-17-49-19-52-22)55-40(70)30(14-33(62)63)56-37(67)27(54-36(66)24(45)18-60)11-21-16-51-25-8-5-4-7-23(21)25/h4-5,7-8,16-17,19-20,24,26-31,35,51,60H,3,6,9-15,18,45H2,1-2H3,(H2,46,61)(H,49,52)(H,53,69)(H,54,66)(H,55,70)(H,56,67)(H,57,68)(H,58,72)(H,59,71)(H,62,63)(H,64,65)(H,73,74)(H4,47,48,50)/t20-,24-,26-,27-,28-,29-,30-,31-,35-/m0/s1. The second-order valence-corrected chi connectivity index (χ2v) is 17.0. The molecule has 2 aromatic heterocycles. The van der Waals surface area contributed by atoms with Crippen LogP contribution in [0.4, 0.5) is 0 Å². The number of guanidine groups is 1. The van der Waals surface area contributed by atoms with E-state index < -0.39 is 152 Å². The number of carboxylic acid groups (broad SMARTS) is 3. The third-order valence-corrected chi connectivity index (χ3v) is 11.3. The number of aliphatic hydroxyl groups is 1. The Bertz CT molecular complexity index is 2510. The molecule has 3 aromatic rings. The average Bonchev–Trinajstić information content (AvgIpc) is 4.01. The normalized spacial score (nSPS) is 14.6. The average molecular weight is 1040 g/mol. The van der Waals surface area contributed by atoms with Crippen molar-refractivity contribution in [3.63, 3.8) is 0 Å². The van der Waals surface area contributed by atoms with Gasteiger partial charge in [0.2, 0.25) is 47.3 Å². The smallest absolute Gasteiger partial charge is 0.326 e. The van der Waals surface area contributed by atoms with Crippen LogP contribution in [0, 0.1) is 5.92 Å². The summed E-state index contributed by atoms with van der Waals surface area (Å²) in [6, 6.07) is -6.71. The summed E-state index contributed by atoms with van der Waals surface area (Å²) in [6.45, 7) is 2.30. The van der Waals surface area contributed by atoms with Gasteiger partial charge in [-0.3, -0.25) is 52.9 Å². The molecule has 74 heavy (non-hydrogen) atoms. The minimum atomic E-state index is -2.01. The number of primary amides is 1. The predicted octanol–water partition coefficient (Wildman–Crippen LogP) is -5.60. The quantitative estimate of drug-likeness (QED) is 0.0157. The van der Waals surface area contributed by atoms with Gasteiger partial charge >= 0.3 is 17.9 Å². The van der Waals surface area contributed by atoms with Gasteiger partial charge in [-0.05, 0) is 30.4 Å². The molecule has 9 atom stereocenters. The van der Waals surface area contributed by atoms with Gasteiger partial charge in [0.25, 0.3) is 0 Å². The van der Waals surface area contributed by atoms with E-state index in [1.807, 2.05) is 0 Å². The van der Waals surface area contributed by atoms with Gasteiger partial charge in [-0.1, -0.05) is 38.5 Å². The number of rotatable bonds is 32. The zero-order valence-electron chi connectivity index (χ0n) is 40.3. The molecule has 1 aromatic carbocycles. The van der Waals surface area contributed by atoms with Gasteiger partial charge in [0.05, 0.1) is 32.2 Å². The summed E-state index contributed by atoms with van der Waals surface area (Å²) in [7, 11) is 0. The molecule has 3 rings (SSSR count). The molecule has 0 fully saturated rings. The first-order valence-electron chi connectivity index (χ1n) is 23.0. The number of carboxylic acids is 3. The maximum atomic E-state index is 14.1. The van der Waals surface area contributed by atoms with Crippen LogP contribution in [0.5, 0.6) is 0 Å². The minimum absolute atomic E-state index is 0.0111. The number of aliphatic carboxylic acids is 3. The largest absolute Gasteiger partial charge is 0.481 e. The Labute approximate surface area is 421 Å². The number of nitrogens with two attached hydrogens (primary N) is 4. The topological polar surface area (TPSA) is 514 Å². The van der Waals surface area contributed by atoms with Crippen molar-refractivity contribution < 1.29 is 73.2 Å². The number of carbonyl (C=O) groups excluding carboxylic acids is 8. The van der Waals surface area contributed by atoms with E-state index in [1.165, 1.54) is 19.4 Å². The number of aliphatic imine (C=N–C) groups is 1. The van der Waals surface area contributed by atoms with E-state index in [9.17, 15) is 73.2 Å². The lowest BCUT2D eigenvalue weighted by molar-refractivity contribution is -0.143. The highest BCUT2D eigenvalue weighted by Crippen LogP contribution is 2.20. The summed E-state index contributed by atoms with van der Waals surface area (Å²) in [4.78, 5) is 158. The fourth-order valence-electron chi connectivity index (χ4n) is 7.16. The lowest BCUT2D eigenvalue weighted by Crippen LogP contribution is -2.61. The number of amides is 8. The number of carbonyl (C=O) groups is 11. The molecule has 0 saturated carbocycles. The summed E-state index contributed by atoms with van der Waals surface area (Å²) in [6.07, 6.45) is 0.391. The highest BCUT2D eigenvalue weighted by atomic mass is 16.4. The second-order valence-electron chi connectivity index (χ2n) is 17.0. The van der Waals surface area contributed by atoms with Crippen LogP contribution in [0.3, 0.4) is 0 Å². The van der Waals surface area contributed by atoms with Gasteiger partial charge in [0.15, 0.2) is 5.96 Å². The van der Waals surface area contributed by atoms with Crippen molar-refractivity contribution in [1.29, 1.82) is 0 Å². The maximum Gasteiger partial charge on any atom is 0.326 e. The van der Waals surface area contributed by atoms with Crippen LogP contribution < -0.4 is 60.2 Å². The van der Waals surface area contributed by atoms with Crippen LogP contribution in [0.1, 0.15) is 63.6 Å². The molecular formula is C44H63N15O15. The fourth-order valence-corrected chi connectivity index (χ4v) is 7.16. The van der Waals surface area contributed by atoms with E-state index in [0.29, 0.717) is 16.5 Å². The van der Waals surface area contributed by atoms with E-state index >= 15 is 0 Å². The summed E-state index contributed by atoms with van der Waals surface area (Å²) in [5, 5.41) is 55.6. The number of aromatic nitrogens is 3. The number of imidazole rings is 1. The highest BCUT2D eigenvalue weighted by molar-refractivity contribution is 6.00. The van der Waals surface area contributed by atoms with Crippen molar-refractivity contribution in [2.24, 2.45) is 33.8 Å². The highest BCUT2D eigenvalue weighted by Gasteiger charge is 2.37. The van der Waals surface area contributed by atoms with E-state index in [4.69, 9.17) is 22.9 Å². The van der Waals surface area contributed by atoms with Gasteiger partial charge in [-0.2, -0.15) is 0 Å². The molecule has 0 aliphatic carbocycles. The molecule has 0 radical (unpaired) electrons. The van der Waals surface area contributed by atoms with Gasteiger partial charge in [-0.25, -0.2) is 9.78 Å².